The molecule has 0 bridgehead atoms. The number of nitrogens with zero attached hydrogens (tertiary/aromatic N) is 3. The highest BCUT2D eigenvalue weighted by atomic mass is 35.5. The molecule has 0 unspecified atom stereocenters. The van der Waals surface area contributed by atoms with Crippen molar-refractivity contribution >= 4 is 23.0 Å². The molecule has 0 saturated carbocycles. The molecule has 6 heteroatoms. The van der Waals surface area contributed by atoms with E-state index < -0.39 is 0 Å². The van der Waals surface area contributed by atoms with Crippen molar-refractivity contribution < 1.29 is 0 Å². The SMILES string of the molecule is CCN(C)c1cnn(CCNc2ccccc2Cl)c(=O)c1. The van der Waals surface area contributed by atoms with Crippen LogP contribution in [-0.2, 0) is 6.54 Å². The minimum atomic E-state index is -0.103. The van der Waals surface area contributed by atoms with Gasteiger partial charge in [-0.05, 0) is 19.1 Å². The molecule has 1 heterocycles. The molecule has 0 aliphatic heterocycles. The monoisotopic (exact) mass is 306 g/mol. The van der Waals surface area contributed by atoms with Gasteiger partial charge >= 0.3 is 0 Å². The van der Waals surface area contributed by atoms with Crippen LogP contribution in [0.5, 0.6) is 0 Å². The number of hydrogen-bond donors (Lipinski definition) is 1. The Morgan fingerprint density at radius 3 is 2.81 bits per heavy atom. The van der Waals surface area contributed by atoms with Gasteiger partial charge in [0.05, 0.1) is 29.1 Å². The molecule has 21 heavy (non-hydrogen) atoms. The van der Waals surface area contributed by atoms with Crippen LogP contribution < -0.4 is 15.8 Å². The second kappa shape index (κ2) is 7.13. The van der Waals surface area contributed by atoms with Gasteiger partial charge < -0.3 is 10.2 Å². The van der Waals surface area contributed by atoms with Crippen molar-refractivity contribution in [2.24, 2.45) is 0 Å². The third-order valence-electron chi connectivity index (χ3n) is 3.28. The van der Waals surface area contributed by atoms with Crippen LogP contribution in [0.4, 0.5) is 11.4 Å². The quantitative estimate of drug-likeness (QED) is 0.891. The van der Waals surface area contributed by atoms with E-state index in [0.717, 1.165) is 17.9 Å². The van der Waals surface area contributed by atoms with Gasteiger partial charge in [0.1, 0.15) is 0 Å². The highest BCUT2D eigenvalue weighted by Gasteiger charge is 2.03. The van der Waals surface area contributed by atoms with E-state index in [0.29, 0.717) is 18.1 Å². The van der Waals surface area contributed by atoms with E-state index in [-0.39, 0.29) is 5.56 Å². The van der Waals surface area contributed by atoms with Crippen LogP contribution in [0.1, 0.15) is 6.92 Å². The standard InChI is InChI=1S/C15H19ClN4O/c1-3-19(2)12-10-15(21)20(18-11-12)9-8-17-14-7-5-4-6-13(14)16/h4-7,10-11,17H,3,8-9H2,1-2H3. The molecule has 1 aromatic carbocycles. The van der Waals surface area contributed by atoms with E-state index in [1.807, 2.05) is 43.1 Å². The summed E-state index contributed by atoms with van der Waals surface area (Å²) in [7, 11) is 1.93. The molecule has 0 atom stereocenters. The van der Waals surface area contributed by atoms with Crippen LogP contribution in [0.2, 0.25) is 5.02 Å². The molecule has 0 aliphatic carbocycles. The molecule has 0 saturated heterocycles. The normalized spacial score (nSPS) is 10.4. The van der Waals surface area contributed by atoms with Gasteiger partial charge in [-0.25, -0.2) is 4.68 Å². The number of rotatable bonds is 6. The Morgan fingerprint density at radius 2 is 2.14 bits per heavy atom. The molecule has 0 aliphatic rings. The Kier molecular flexibility index (Phi) is 5.22. The van der Waals surface area contributed by atoms with Crippen molar-refractivity contribution in [1.29, 1.82) is 0 Å². The first-order valence-corrected chi connectivity index (χ1v) is 7.26. The predicted molar refractivity (Wildman–Crippen MR) is 87.4 cm³/mol. The lowest BCUT2D eigenvalue weighted by Gasteiger charge is -2.16. The van der Waals surface area contributed by atoms with E-state index in [2.05, 4.69) is 10.4 Å². The number of aromatic nitrogens is 2. The van der Waals surface area contributed by atoms with E-state index in [1.54, 1.807) is 12.3 Å². The summed E-state index contributed by atoms with van der Waals surface area (Å²) in [6.45, 7) is 3.93. The Bertz CT molecular complexity index is 656. The van der Waals surface area contributed by atoms with Crippen LogP contribution >= 0.6 is 11.6 Å². The molecule has 112 valence electrons. The van der Waals surface area contributed by atoms with Crippen LogP contribution in [0.15, 0.2) is 41.3 Å². The first-order chi connectivity index (χ1) is 10.1. The first kappa shape index (κ1) is 15.4. The van der Waals surface area contributed by atoms with E-state index in [4.69, 9.17) is 11.6 Å². The minimum absolute atomic E-state index is 0.103. The topological polar surface area (TPSA) is 50.2 Å². The van der Waals surface area contributed by atoms with E-state index in [1.165, 1.54) is 4.68 Å². The van der Waals surface area contributed by atoms with Crippen LogP contribution in [-0.4, -0.2) is 29.9 Å². The molecule has 0 amide bonds. The largest absolute Gasteiger partial charge is 0.382 e. The summed E-state index contributed by atoms with van der Waals surface area (Å²) in [5.41, 5.74) is 1.58. The maximum Gasteiger partial charge on any atom is 0.268 e. The lowest BCUT2D eigenvalue weighted by molar-refractivity contribution is 0.597. The van der Waals surface area contributed by atoms with E-state index >= 15 is 0 Å². The van der Waals surface area contributed by atoms with Gasteiger partial charge in [0.2, 0.25) is 0 Å². The maximum atomic E-state index is 12.0. The fourth-order valence-corrected chi connectivity index (χ4v) is 2.09. The molecule has 2 rings (SSSR count). The Morgan fingerprint density at radius 1 is 1.38 bits per heavy atom. The zero-order valence-electron chi connectivity index (χ0n) is 12.2. The zero-order chi connectivity index (χ0) is 15.2. The van der Waals surface area contributed by atoms with Crippen molar-refractivity contribution in [1.82, 2.24) is 9.78 Å². The zero-order valence-corrected chi connectivity index (χ0v) is 13.0. The van der Waals surface area contributed by atoms with Gasteiger partial charge in [-0.15, -0.1) is 0 Å². The minimum Gasteiger partial charge on any atom is -0.382 e. The fourth-order valence-electron chi connectivity index (χ4n) is 1.88. The lowest BCUT2D eigenvalue weighted by atomic mass is 10.3. The molecule has 1 N–H and O–H groups in total. The van der Waals surface area contributed by atoms with Gasteiger partial charge in [0, 0.05) is 26.2 Å². The average molecular weight is 307 g/mol. The summed E-state index contributed by atoms with van der Waals surface area (Å²) in [6, 6.07) is 9.12. The first-order valence-electron chi connectivity index (χ1n) is 6.88. The van der Waals surface area contributed by atoms with Gasteiger partial charge in [0.25, 0.3) is 5.56 Å². The third-order valence-corrected chi connectivity index (χ3v) is 3.61. The summed E-state index contributed by atoms with van der Waals surface area (Å²) in [4.78, 5) is 14.0. The number of hydrogen-bond acceptors (Lipinski definition) is 4. The Balaban J connectivity index is 1.98. The summed E-state index contributed by atoms with van der Waals surface area (Å²) >= 11 is 6.06. The maximum absolute atomic E-state index is 12.0. The van der Waals surface area contributed by atoms with Crippen molar-refractivity contribution in [3.05, 3.63) is 51.9 Å². The molecule has 0 radical (unpaired) electrons. The number of benzene rings is 1. The number of para-hydroxylation sites is 1. The predicted octanol–water partition coefficient (Wildman–Crippen LogP) is 2.46. The molecule has 5 nitrogen and oxygen atoms in total. The van der Waals surface area contributed by atoms with Crippen LogP contribution in [0.25, 0.3) is 0 Å². The van der Waals surface area contributed by atoms with Gasteiger partial charge in [-0.1, -0.05) is 23.7 Å². The van der Waals surface area contributed by atoms with E-state index in [9.17, 15) is 4.79 Å². The highest BCUT2D eigenvalue weighted by Crippen LogP contribution is 2.19. The lowest BCUT2D eigenvalue weighted by Crippen LogP contribution is -2.27. The van der Waals surface area contributed by atoms with Gasteiger partial charge in [-0.2, -0.15) is 5.10 Å². The van der Waals surface area contributed by atoms with Crippen molar-refractivity contribution in [2.75, 3.05) is 30.4 Å². The van der Waals surface area contributed by atoms with Crippen LogP contribution in [0, 0.1) is 0 Å². The number of halogens is 1. The second-order valence-electron chi connectivity index (χ2n) is 4.70. The molecule has 0 spiro atoms. The number of anilines is 2. The molecule has 0 fully saturated rings. The summed E-state index contributed by atoms with van der Waals surface area (Å²) in [5.74, 6) is 0. The molecular weight excluding hydrogens is 288 g/mol. The highest BCUT2D eigenvalue weighted by molar-refractivity contribution is 6.33. The van der Waals surface area contributed by atoms with Crippen molar-refractivity contribution in [3.8, 4) is 0 Å². The molecule has 1 aromatic heterocycles. The molecular formula is C15H19ClN4O. The van der Waals surface area contributed by atoms with Crippen molar-refractivity contribution in [2.45, 2.75) is 13.5 Å². The fraction of sp³-hybridized carbons (Fsp3) is 0.333. The summed E-state index contributed by atoms with van der Waals surface area (Å²) in [5, 5.41) is 8.05. The van der Waals surface area contributed by atoms with Gasteiger partial charge in [-0.3, -0.25) is 4.79 Å². The third kappa shape index (κ3) is 3.98. The Labute approximate surface area is 129 Å². The van der Waals surface area contributed by atoms with Crippen LogP contribution in [0.3, 0.4) is 0 Å². The smallest absolute Gasteiger partial charge is 0.268 e. The second-order valence-corrected chi connectivity index (χ2v) is 5.10. The number of nitrogens with one attached hydrogen (secondary N) is 1. The summed E-state index contributed by atoms with van der Waals surface area (Å²) in [6.07, 6.45) is 1.71. The Hall–Kier alpha value is -2.01. The molecule has 2 aromatic rings. The average Bonchev–Trinajstić information content (AvgIpc) is 2.50. The van der Waals surface area contributed by atoms with Crippen molar-refractivity contribution in [3.63, 3.8) is 0 Å². The summed E-state index contributed by atoms with van der Waals surface area (Å²) < 4.78 is 1.44. The van der Waals surface area contributed by atoms with Gasteiger partial charge in [0.15, 0.2) is 0 Å².